The molecule has 2 heterocycles. The second kappa shape index (κ2) is 11.3. The van der Waals surface area contributed by atoms with Crippen LogP contribution in [0.2, 0.25) is 5.02 Å². The van der Waals surface area contributed by atoms with Gasteiger partial charge in [0, 0.05) is 17.3 Å². The first-order valence-electron chi connectivity index (χ1n) is 9.87. The first-order chi connectivity index (χ1) is 13.3. The second-order valence-corrected chi connectivity index (χ2v) is 7.77. The minimum absolute atomic E-state index is 0. The number of aromatic nitrogens is 1. The van der Waals surface area contributed by atoms with Gasteiger partial charge in [0.15, 0.2) is 0 Å². The van der Waals surface area contributed by atoms with Gasteiger partial charge in [-0.25, -0.2) is 0 Å². The number of ether oxygens (including phenoxy) is 1. The number of rotatable bonds is 7. The molecule has 1 saturated heterocycles. The topological polar surface area (TPSA) is 26.2 Å². The number of hydrogen-bond acceptors (Lipinski definition) is 2. The number of nitrogens with zero attached hydrogens (tertiary/aromatic N) is 1. The van der Waals surface area contributed by atoms with E-state index in [9.17, 15) is 0 Å². The zero-order valence-electron chi connectivity index (χ0n) is 16.6. The smallest absolute Gasteiger partial charge is 0.488 e. The van der Waals surface area contributed by atoms with Crippen LogP contribution in [-0.4, -0.2) is 17.7 Å². The van der Waals surface area contributed by atoms with Crippen LogP contribution in [0, 0.1) is 12.0 Å². The van der Waals surface area contributed by atoms with Crippen LogP contribution in [0.25, 0.3) is 10.9 Å². The quantitative estimate of drug-likeness (QED) is 0.541. The Hall–Kier alpha value is -0.165. The molecule has 0 aliphatic carbocycles. The fourth-order valence-corrected chi connectivity index (χ4v) is 4.10. The molecule has 28 heavy (non-hydrogen) atoms. The molecule has 0 bridgehead atoms. The van der Waals surface area contributed by atoms with Crippen molar-refractivity contribution in [1.29, 1.82) is 0 Å². The number of hydrogen-bond donors (Lipinski definition) is 1. The Morgan fingerprint density at radius 2 is 1.93 bits per heavy atom. The molecule has 0 spiro atoms. The summed E-state index contributed by atoms with van der Waals surface area (Å²) in [5.74, 6) is 1.71. The Morgan fingerprint density at radius 1 is 1.14 bits per heavy atom. The van der Waals surface area contributed by atoms with Crippen molar-refractivity contribution in [2.24, 2.45) is 5.92 Å². The number of nitrogens with one attached hydrogen (secondary N) is 1. The van der Waals surface area contributed by atoms with E-state index in [1.807, 2.05) is 30.3 Å². The van der Waals surface area contributed by atoms with E-state index in [4.69, 9.17) is 16.3 Å². The van der Waals surface area contributed by atoms with Crippen molar-refractivity contribution in [3.8, 4) is 5.75 Å². The molecule has 3 nitrogen and oxygen atoms in total. The predicted octanol–water partition coefficient (Wildman–Crippen LogP) is 2.46. The van der Waals surface area contributed by atoms with Crippen LogP contribution in [0.1, 0.15) is 31.4 Å². The average molecular weight is 467 g/mol. The van der Waals surface area contributed by atoms with Crippen molar-refractivity contribution in [1.82, 2.24) is 9.88 Å². The van der Waals surface area contributed by atoms with E-state index in [1.165, 1.54) is 50.0 Å². The molecule has 0 atom stereocenters. The van der Waals surface area contributed by atoms with Crippen LogP contribution < -0.4 is 68.2 Å². The van der Waals surface area contributed by atoms with Crippen molar-refractivity contribution in [2.75, 3.05) is 13.1 Å². The van der Waals surface area contributed by atoms with E-state index in [0.717, 1.165) is 28.6 Å². The zero-order valence-corrected chi connectivity index (χ0v) is 22.3. The summed E-state index contributed by atoms with van der Waals surface area (Å²) in [5.41, 5.74) is 2.45. The molecule has 4 rings (SSSR count). The molecule has 142 valence electrons. The third-order valence-corrected chi connectivity index (χ3v) is 5.72. The molecular formula is C23H26ClN2ORb. The zero-order chi connectivity index (χ0) is 18.5. The van der Waals surface area contributed by atoms with E-state index in [0.29, 0.717) is 6.61 Å². The molecule has 0 radical (unpaired) electrons. The normalized spacial score (nSPS) is 14.8. The largest absolute Gasteiger partial charge is 1.00 e. The minimum atomic E-state index is 0. The summed E-state index contributed by atoms with van der Waals surface area (Å²) >= 11 is 5.96. The maximum Gasteiger partial charge on any atom is 1.00 e. The van der Waals surface area contributed by atoms with E-state index >= 15 is 0 Å². The summed E-state index contributed by atoms with van der Waals surface area (Å²) in [6, 6.07) is 19.3. The maximum atomic E-state index is 6.01. The van der Waals surface area contributed by atoms with Crippen LogP contribution in [-0.2, 0) is 13.2 Å². The summed E-state index contributed by atoms with van der Waals surface area (Å²) in [5, 5.41) is 5.34. The van der Waals surface area contributed by atoms with Gasteiger partial charge >= 0.3 is 58.2 Å². The van der Waals surface area contributed by atoms with Gasteiger partial charge in [-0.1, -0.05) is 11.6 Å². The number of aryl methyl sites for hydroxylation is 1. The van der Waals surface area contributed by atoms with E-state index in [-0.39, 0.29) is 58.2 Å². The summed E-state index contributed by atoms with van der Waals surface area (Å²) in [7, 11) is 0. The van der Waals surface area contributed by atoms with Crippen LogP contribution >= 0.6 is 11.6 Å². The molecule has 1 N–H and O–H groups in total. The van der Waals surface area contributed by atoms with Crippen molar-refractivity contribution >= 4 is 22.5 Å². The van der Waals surface area contributed by atoms with Crippen molar-refractivity contribution in [2.45, 2.75) is 38.8 Å². The molecule has 1 aromatic heterocycles. The monoisotopic (exact) mass is 466 g/mol. The summed E-state index contributed by atoms with van der Waals surface area (Å²) in [4.78, 5) is 0. The Balaban J connectivity index is 0.00000225. The van der Waals surface area contributed by atoms with Crippen LogP contribution in [0.5, 0.6) is 5.75 Å². The Labute approximate surface area is 221 Å². The van der Waals surface area contributed by atoms with Gasteiger partial charge in [0.1, 0.15) is 12.4 Å². The molecule has 0 amide bonds. The SMILES string of the molecule is Clc1ccc(OCc2cc3[c-]cccc3n2CCCC2CCNCC2)cc1.[Rb+]. The molecule has 1 aliphatic rings. The third-order valence-electron chi connectivity index (χ3n) is 5.47. The van der Waals surface area contributed by atoms with Gasteiger partial charge in [-0.3, -0.25) is 0 Å². The molecule has 0 unspecified atom stereocenters. The van der Waals surface area contributed by atoms with E-state index in [1.54, 1.807) is 0 Å². The van der Waals surface area contributed by atoms with Gasteiger partial charge in [0.2, 0.25) is 0 Å². The second-order valence-electron chi connectivity index (χ2n) is 7.33. The third kappa shape index (κ3) is 5.93. The fraction of sp³-hybridized carbons (Fsp3) is 0.391. The van der Waals surface area contributed by atoms with E-state index in [2.05, 4.69) is 34.1 Å². The average Bonchev–Trinajstić information content (AvgIpc) is 3.06. The fourth-order valence-electron chi connectivity index (χ4n) is 3.97. The Morgan fingerprint density at radius 3 is 2.71 bits per heavy atom. The summed E-state index contributed by atoms with van der Waals surface area (Å²) < 4.78 is 8.42. The molecule has 1 fully saturated rings. The van der Waals surface area contributed by atoms with Gasteiger partial charge in [-0.15, -0.1) is 35.7 Å². The maximum absolute atomic E-state index is 6.01. The standard InChI is InChI=1S/C23H26ClN2O.Rb/c24-20-7-9-22(10-8-20)27-17-21-16-19-5-1-2-6-23(19)26(21)15-3-4-18-11-13-25-14-12-18;/h1-2,6-10,16,18,25H,3-4,11-15,17H2;/q-1;+1. The summed E-state index contributed by atoms with van der Waals surface area (Å²) in [6.45, 7) is 3.93. The van der Waals surface area contributed by atoms with Crippen molar-refractivity contribution < 1.29 is 62.9 Å². The van der Waals surface area contributed by atoms with Crippen molar-refractivity contribution in [3.63, 3.8) is 0 Å². The van der Waals surface area contributed by atoms with Gasteiger partial charge in [-0.05, 0) is 74.5 Å². The molecule has 0 saturated carbocycles. The number of fused-ring (bicyclic) bond motifs is 1. The number of benzene rings is 2. The first-order valence-corrected chi connectivity index (χ1v) is 10.3. The Bertz CT molecular complexity index is 872. The van der Waals surface area contributed by atoms with E-state index < -0.39 is 0 Å². The van der Waals surface area contributed by atoms with Gasteiger partial charge in [0.25, 0.3) is 0 Å². The number of piperidine rings is 1. The molecule has 3 aromatic rings. The van der Waals surface area contributed by atoms with Crippen molar-refractivity contribution in [3.05, 3.63) is 65.3 Å². The first kappa shape index (κ1) is 22.5. The number of halogens is 1. The van der Waals surface area contributed by atoms with Gasteiger partial charge in [-0.2, -0.15) is 0 Å². The van der Waals surface area contributed by atoms with Crippen LogP contribution in [0.4, 0.5) is 0 Å². The van der Waals surface area contributed by atoms with Gasteiger partial charge < -0.3 is 14.6 Å². The van der Waals surface area contributed by atoms with Gasteiger partial charge in [0.05, 0.1) is 0 Å². The predicted molar refractivity (Wildman–Crippen MR) is 111 cm³/mol. The molecule has 5 heteroatoms. The van der Waals surface area contributed by atoms with Crippen LogP contribution in [0.15, 0.2) is 48.5 Å². The minimum Gasteiger partial charge on any atom is -0.488 e. The van der Waals surface area contributed by atoms with Crippen LogP contribution in [0.3, 0.4) is 0 Å². The summed E-state index contributed by atoms with van der Waals surface area (Å²) in [6.07, 6.45) is 5.13. The molecular weight excluding hydrogens is 441 g/mol. The molecule has 2 aromatic carbocycles. The Kier molecular flexibility index (Phi) is 9.08. The molecule has 1 aliphatic heterocycles.